The topological polar surface area (TPSA) is 46.3 Å². The Hall–Kier alpha value is -2.05. The number of hydrogen-bond donors (Lipinski definition) is 0. The quantitative estimate of drug-likeness (QED) is 0.743. The predicted molar refractivity (Wildman–Crippen MR) is 92.4 cm³/mol. The van der Waals surface area contributed by atoms with Crippen LogP contribution in [0.5, 0.6) is 0 Å². The molecule has 3 atom stereocenters. The molecule has 144 valence electrons. The minimum atomic E-state index is -4.83. The Morgan fingerprint density at radius 2 is 2.07 bits per heavy atom. The minimum Gasteiger partial charge on any atom is -0.440 e. The van der Waals surface area contributed by atoms with Crippen LogP contribution >= 0.6 is 0 Å². The Kier molecular flexibility index (Phi) is 3.33. The van der Waals surface area contributed by atoms with Gasteiger partial charge in [-0.1, -0.05) is 13.8 Å². The van der Waals surface area contributed by atoms with Gasteiger partial charge in [-0.25, -0.2) is 4.98 Å². The number of likely N-dealkylation sites (tertiary alicyclic amines) is 1. The first kappa shape index (κ1) is 17.1. The molecule has 1 saturated carbocycles. The Morgan fingerprint density at radius 3 is 2.74 bits per heavy atom. The summed E-state index contributed by atoms with van der Waals surface area (Å²) >= 11 is 0. The third-order valence-electron chi connectivity index (χ3n) is 6.96. The van der Waals surface area contributed by atoms with E-state index in [1.807, 2.05) is 19.1 Å². The highest BCUT2D eigenvalue weighted by Gasteiger charge is 2.54. The number of rotatable bonds is 1. The largest absolute Gasteiger partial charge is 0.471 e. The summed E-state index contributed by atoms with van der Waals surface area (Å²) < 4.78 is 45.1. The Balaban J connectivity index is 1.59. The molecule has 1 unspecified atom stereocenters. The minimum absolute atomic E-state index is 0.0617. The van der Waals surface area contributed by atoms with E-state index in [-0.39, 0.29) is 17.9 Å². The molecule has 7 heteroatoms. The molecule has 1 aromatic carbocycles. The molecule has 0 N–H and O–H groups in total. The molecule has 2 aromatic rings. The molecule has 27 heavy (non-hydrogen) atoms. The Labute approximate surface area is 154 Å². The van der Waals surface area contributed by atoms with Crippen molar-refractivity contribution in [2.75, 3.05) is 6.54 Å². The number of carbonyl (C=O) groups excluding carboxylic acids is 1. The molecular weight excluding hydrogens is 357 g/mol. The predicted octanol–water partition coefficient (Wildman–Crippen LogP) is 4.32. The van der Waals surface area contributed by atoms with Crippen molar-refractivity contribution in [3.8, 4) is 0 Å². The van der Waals surface area contributed by atoms with Crippen molar-refractivity contribution >= 4 is 17.0 Å². The molecule has 1 saturated heterocycles. The number of benzene rings is 1. The molecule has 0 radical (unpaired) electrons. The number of amides is 1. The van der Waals surface area contributed by atoms with Gasteiger partial charge < -0.3 is 9.32 Å². The maximum Gasteiger partial charge on any atom is 0.471 e. The standard InChI is InChI=1S/C20H21F3N2O2/c1-10-15-8-12-7-14-16(27-17(24-14)11-3-4-11)9-13(12)19(10,2)5-6-25(15)18(26)20(21,22)23/h7,9-11,15H,3-6,8H2,1-2H3/t10?,15-,19-/m1/s1. The number of fused-ring (bicyclic) bond motifs is 5. The SMILES string of the molecule is CC1[C@H]2Cc3cc4nc(C5CC5)oc4cc3[C@]1(C)CCN2C(=O)C(F)(F)F. The lowest BCUT2D eigenvalue weighted by atomic mass is 9.59. The van der Waals surface area contributed by atoms with E-state index in [4.69, 9.17) is 4.42 Å². The molecule has 0 spiro atoms. The second-order valence-electron chi connectivity index (χ2n) is 8.53. The Morgan fingerprint density at radius 1 is 1.33 bits per heavy atom. The lowest BCUT2D eigenvalue weighted by molar-refractivity contribution is -0.192. The fraction of sp³-hybridized carbons (Fsp3) is 0.600. The van der Waals surface area contributed by atoms with Gasteiger partial charge >= 0.3 is 12.1 Å². The lowest BCUT2D eigenvalue weighted by Crippen LogP contribution is -2.61. The van der Waals surface area contributed by atoms with Crippen LogP contribution in [0.4, 0.5) is 13.2 Å². The highest BCUT2D eigenvalue weighted by Crippen LogP contribution is 2.50. The van der Waals surface area contributed by atoms with Gasteiger partial charge in [0.05, 0.1) is 0 Å². The van der Waals surface area contributed by atoms with E-state index < -0.39 is 18.1 Å². The van der Waals surface area contributed by atoms with Crippen molar-refractivity contribution in [1.82, 2.24) is 9.88 Å². The zero-order valence-corrected chi connectivity index (χ0v) is 15.3. The third kappa shape index (κ3) is 2.43. The molecule has 1 amide bonds. The maximum atomic E-state index is 13.1. The number of oxazole rings is 1. The molecule has 5 rings (SSSR count). The van der Waals surface area contributed by atoms with Gasteiger partial charge in [0.1, 0.15) is 5.52 Å². The van der Waals surface area contributed by atoms with Gasteiger partial charge in [-0.15, -0.1) is 0 Å². The van der Waals surface area contributed by atoms with Gasteiger partial charge in [-0.05, 0) is 60.3 Å². The van der Waals surface area contributed by atoms with Crippen molar-refractivity contribution < 1.29 is 22.4 Å². The molecule has 4 nitrogen and oxygen atoms in total. The summed E-state index contributed by atoms with van der Waals surface area (Å²) in [7, 11) is 0. The summed E-state index contributed by atoms with van der Waals surface area (Å²) in [5.74, 6) is -0.609. The van der Waals surface area contributed by atoms with Crippen LogP contribution in [-0.4, -0.2) is 34.6 Å². The monoisotopic (exact) mass is 378 g/mol. The van der Waals surface area contributed by atoms with Crippen molar-refractivity contribution in [1.29, 1.82) is 0 Å². The van der Waals surface area contributed by atoms with Crippen LogP contribution in [0.1, 0.15) is 56.0 Å². The van der Waals surface area contributed by atoms with E-state index in [1.165, 1.54) is 0 Å². The lowest BCUT2D eigenvalue weighted by Gasteiger charge is -2.54. The number of piperidine rings is 1. The van der Waals surface area contributed by atoms with Gasteiger partial charge in [0.15, 0.2) is 11.5 Å². The van der Waals surface area contributed by atoms with E-state index >= 15 is 0 Å². The van der Waals surface area contributed by atoms with Crippen molar-refractivity contribution in [3.05, 3.63) is 29.2 Å². The van der Waals surface area contributed by atoms with Crippen LogP contribution in [0.25, 0.3) is 11.1 Å². The van der Waals surface area contributed by atoms with Crippen molar-refractivity contribution in [2.24, 2.45) is 5.92 Å². The average Bonchev–Trinajstić information content (AvgIpc) is 3.36. The number of carbonyl (C=O) groups is 1. The number of aromatic nitrogens is 1. The van der Waals surface area contributed by atoms with Crippen LogP contribution in [0, 0.1) is 5.92 Å². The molecule has 3 aliphatic rings. The summed E-state index contributed by atoms with van der Waals surface area (Å²) in [6.07, 6.45) is -1.71. The number of nitrogens with zero attached hydrogens (tertiary/aromatic N) is 2. The van der Waals surface area contributed by atoms with E-state index in [1.54, 1.807) is 0 Å². The average molecular weight is 378 g/mol. The molecular formula is C20H21F3N2O2. The summed E-state index contributed by atoms with van der Waals surface area (Å²) in [6, 6.07) is 3.55. The van der Waals surface area contributed by atoms with Crippen LogP contribution in [-0.2, 0) is 16.6 Å². The molecule has 2 aliphatic carbocycles. The first-order valence-corrected chi connectivity index (χ1v) is 9.50. The summed E-state index contributed by atoms with van der Waals surface area (Å²) in [5, 5.41) is 0. The van der Waals surface area contributed by atoms with Gasteiger partial charge in [-0.2, -0.15) is 13.2 Å². The smallest absolute Gasteiger partial charge is 0.440 e. The summed E-state index contributed by atoms with van der Waals surface area (Å²) in [4.78, 5) is 17.6. The second kappa shape index (κ2) is 5.26. The van der Waals surface area contributed by atoms with E-state index in [2.05, 4.69) is 11.9 Å². The third-order valence-corrected chi connectivity index (χ3v) is 6.96. The van der Waals surface area contributed by atoms with E-state index in [0.717, 1.165) is 45.9 Å². The van der Waals surface area contributed by atoms with E-state index in [9.17, 15) is 18.0 Å². The van der Waals surface area contributed by atoms with Crippen LogP contribution in [0.2, 0.25) is 0 Å². The van der Waals surface area contributed by atoms with Gasteiger partial charge in [0.2, 0.25) is 0 Å². The molecule has 2 heterocycles. The Bertz CT molecular complexity index is 947. The van der Waals surface area contributed by atoms with Gasteiger partial charge in [0.25, 0.3) is 0 Å². The highest BCUT2D eigenvalue weighted by atomic mass is 19.4. The first-order chi connectivity index (χ1) is 12.7. The summed E-state index contributed by atoms with van der Waals surface area (Å²) in [6.45, 7) is 4.19. The van der Waals surface area contributed by atoms with Crippen LogP contribution in [0.3, 0.4) is 0 Å². The van der Waals surface area contributed by atoms with Gasteiger partial charge in [0, 0.05) is 18.5 Å². The van der Waals surface area contributed by atoms with Crippen molar-refractivity contribution in [3.63, 3.8) is 0 Å². The number of halogens is 3. The normalized spacial score (nSPS) is 30.5. The molecule has 1 aliphatic heterocycles. The highest BCUT2D eigenvalue weighted by molar-refractivity contribution is 5.83. The fourth-order valence-electron chi connectivity index (χ4n) is 4.99. The fourth-order valence-corrected chi connectivity index (χ4v) is 4.99. The maximum absolute atomic E-state index is 13.1. The van der Waals surface area contributed by atoms with Gasteiger partial charge in [-0.3, -0.25) is 4.79 Å². The zero-order valence-electron chi connectivity index (χ0n) is 15.3. The number of alkyl halides is 3. The molecule has 1 aromatic heterocycles. The first-order valence-electron chi connectivity index (χ1n) is 9.50. The molecule has 2 fully saturated rings. The van der Waals surface area contributed by atoms with Crippen LogP contribution in [0.15, 0.2) is 16.5 Å². The second-order valence-corrected chi connectivity index (χ2v) is 8.53. The number of hydrogen-bond acceptors (Lipinski definition) is 3. The van der Waals surface area contributed by atoms with Crippen LogP contribution < -0.4 is 0 Å². The zero-order chi connectivity index (χ0) is 19.1. The molecule has 2 bridgehead atoms. The summed E-state index contributed by atoms with van der Waals surface area (Å²) in [5.41, 5.74) is 3.37. The van der Waals surface area contributed by atoms with Crippen molar-refractivity contribution in [2.45, 2.75) is 63.1 Å². The van der Waals surface area contributed by atoms with E-state index in [0.29, 0.717) is 18.8 Å².